The summed E-state index contributed by atoms with van der Waals surface area (Å²) >= 11 is 0. The first-order chi connectivity index (χ1) is 13.2. The Bertz CT molecular complexity index is 876. The van der Waals surface area contributed by atoms with Gasteiger partial charge in [0.15, 0.2) is 0 Å². The van der Waals surface area contributed by atoms with E-state index in [1.807, 2.05) is 24.3 Å². The minimum absolute atomic E-state index is 0.0346. The monoisotopic (exact) mass is 429 g/mol. The molecule has 1 aliphatic heterocycles. The van der Waals surface area contributed by atoms with Gasteiger partial charge in [-0.1, -0.05) is 6.07 Å². The maximum Gasteiger partial charge on any atom is 0.235 e. The van der Waals surface area contributed by atoms with E-state index in [1.165, 1.54) is 4.31 Å². The Labute approximate surface area is 169 Å². The molecule has 3 rings (SSSR count). The molecule has 1 aromatic rings. The standard InChI is InChI=1S/C19H31N3O4S2/c1-15(2)28(25,26)21-17-9-7-16(8-10-17)14-20-18-5-3-6-19(13-18)22-11-4-12-27(22,23)24/h3,5-6,13,15-17,20-21H,4,7-12,14H2,1-2H3/t16-,17-. The molecule has 1 heterocycles. The molecule has 28 heavy (non-hydrogen) atoms. The highest BCUT2D eigenvalue weighted by molar-refractivity contribution is 7.93. The first-order valence-corrected chi connectivity index (χ1v) is 13.2. The topological polar surface area (TPSA) is 95.6 Å². The van der Waals surface area contributed by atoms with Gasteiger partial charge in [0.1, 0.15) is 0 Å². The Hall–Kier alpha value is -1.32. The minimum Gasteiger partial charge on any atom is -0.385 e. The number of hydrogen-bond donors (Lipinski definition) is 2. The lowest BCUT2D eigenvalue weighted by Crippen LogP contribution is -2.41. The van der Waals surface area contributed by atoms with Gasteiger partial charge in [0.25, 0.3) is 0 Å². The predicted octanol–water partition coefficient (Wildman–Crippen LogP) is 2.53. The summed E-state index contributed by atoms with van der Waals surface area (Å²) in [6.07, 6.45) is 4.31. The summed E-state index contributed by atoms with van der Waals surface area (Å²) < 4.78 is 52.5. The van der Waals surface area contributed by atoms with Crippen molar-refractivity contribution in [2.75, 3.05) is 28.5 Å². The highest BCUT2D eigenvalue weighted by atomic mass is 32.2. The quantitative estimate of drug-likeness (QED) is 0.694. The SMILES string of the molecule is CC(C)S(=O)(=O)N[C@H]1CC[C@H](CNc2cccc(N3CCCS3(=O)=O)c2)CC1. The van der Waals surface area contributed by atoms with Gasteiger partial charge in [-0.2, -0.15) is 0 Å². The largest absolute Gasteiger partial charge is 0.385 e. The number of hydrogen-bond acceptors (Lipinski definition) is 5. The molecule has 0 aromatic heterocycles. The molecule has 0 amide bonds. The van der Waals surface area contributed by atoms with E-state index >= 15 is 0 Å². The molecule has 2 aliphatic rings. The molecule has 1 aromatic carbocycles. The molecular formula is C19H31N3O4S2. The summed E-state index contributed by atoms with van der Waals surface area (Å²) in [5.74, 6) is 0.702. The van der Waals surface area contributed by atoms with Crippen molar-refractivity contribution in [2.45, 2.75) is 57.2 Å². The average molecular weight is 430 g/mol. The molecule has 1 saturated carbocycles. The van der Waals surface area contributed by atoms with Crippen LogP contribution >= 0.6 is 0 Å². The molecule has 0 unspecified atom stereocenters. The van der Waals surface area contributed by atoms with Gasteiger partial charge in [-0.3, -0.25) is 4.31 Å². The Morgan fingerprint density at radius 2 is 1.89 bits per heavy atom. The van der Waals surface area contributed by atoms with Crippen LogP contribution in [0.2, 0.25) is 0 Å². The highest BCUT2D eigenvalue weighted by Crippen LogP contribution is 2.28. The second-order valence-corrected chi connectivity index (χ2v) is 12.4. The van der Waals surface area contributed by atoms with Crippen LogP contribution in [-0.2, 0) is 20.0 Å². The smallest absolute Gasteiger partial charge is 0.235 e. The average Bonchev–Trinajstić information content (AvgIpc) is 3.00. The van der Waals surface area contributed by atoms with Crippen LogP contribution < -0.4 is 14.3 Å². The molecule has 0 bridgehead atoms. The van der Waals surface area contributed by atoms with Crippen molar-refractivity contribution in [3.63, 3.8) is 0 Å². The van der Waals surface area contributed by atoms with E-state index < -0.39 is 25.3 Å². The molecule has 0 atom stereocenters. The van der Waals surface area contributed by atoms with Crippen molar-refractivity contribution < 1.29 is 16.8 Å². The van der Waals surface area contributed by atoms with Crippen molar-refractivity contribution in [1.29, 1.82) is 0 Å². The van der Waals surface area contributed by atoms with E-state index in [2.05, 4.69) is 10.0 Å². The lowest BCUT2D eigenvalue weighted by molar-refractivity contribution is 0.323. The maximum absolute atomic E-state index is 12.1. The van der Waals surface area contributed by atoms with Gasteiger partial charge in [-0.15, -0.1) is 0 Å². The molecule has 9 heteroatoms. The molecular weight excluding hydrogens is 398 g/mol. The van der Waals surface area contributed by atoms with Crippen molar-refractivity contribution in [3.05, 3.63) is 24.3 Å². The predicted molar refractivity (Wildman–Crippen MR) is 114 cm³/mol. The van der Waals surface area contributed by atoms with Gasteiger partial charge in [0, 0.05) is 24.8 Å². The molecule has 2 fully saturated rings. The van der Waals surface area contributed by atoms with Crippen LogP contribution in [0.4, 0.5) is 11.4 Å². The second kappa shape index (κ2) is 8.59. The van der Waals surface area contributed by atoms with Crippen LogP contribution in [0.3, 0.4) is 0 Å². The number of benzene rings is 1. The third-order valence-electron chi connectivity index (χ3n) is 5.63. The zero-order valence-corrected chi connectivity index (χ0v) is 18.2. The summed E-state index contributed by atoms with van der Waals surface area (Å²) in [6, 6.07) is 7.59. The molecule has 158 valence electrons. The Balaban J connectivity index is 1.50. The third-order valence-corrected chi connectivity index (χ3v) is 9.40. The van der Waals surface area contributed by atoms with Crippen LogP contribution in [0.25, 0.3) is 0 Å². The second-order valence-electron chi connectivity index (χ2n) is 8.10. The minimum atomic E-state index is -3.21. The van der Waals surface area contributed by atoms with Gasteiger partial charge in [-0.05, 0) is 70.1 Å². The molecule has 0 spiro atoms. The van der Waals surface area contributed by atoms with Gasteiger partial charge in [0.2, 0.25) is 20.0 Å². The Kier molecular flexibility index (Phi) is 6.56. The third kappa shape index (κ3) is 5.18. The molecule has 1 aliphatic carbocycles. The summed E-state index contributed by atoms with van der Waals surface area (Å²) in [5.41, 5.74) is 1.64. The summed E-state index contributed by atoms with van der Waals surface area (Å²) in [7, 11) is -6.38. The number of anilines is 2. The van der Waals surface area contributed by atoms with Crippen LogP contribution in [0, 0.1) is 5.92 Å². The summed E-state index contributed by atoms with van der Waals surface area (Å²) in [4.78, 5) is 0. The Morgan fingerprint density at radius 3 is 2.50 bits per heavy atom. The zero-order chi connectivity index (χ0) is 20.4. The zero-order valence-electron chi connectivity index (χ0n) is 16.6. The number of nitrogens with zero attached hydrogens (tertiary/aromatic N) is 1. The van der Waals surface area contributed by atoms with E-state index in [0.29, 0.717) is 24.6 Å². The van der Waals surface area contributed by atoms with Crippen LogP contribution in [-0.4, -0.2) is 47.0 Å². The highest BCUT2D eigenvalue weighted by Gasteiger charge is 2.29. The van der Waals surface area contributed by atoms with Gasteiger partial charge in [0.05, 0.1) is 16.7 Å². The molecule has 7 nitrogen and oxygen atoms in total. The number of rotatable bonds is 7. The Morgan fingerprint density at radius 1 is 1.18 bits per heavy atom. The van der Waals surface area contributed by atoms with Crippen LogP contribution in [0.5, 0.6) is 0 Å². The van der Waals surface area contributed by atoms with E-state index in [0.717, 1.165) is 37.9 Å². The maximum atomic E-state index is 12.1. The first kappa shape index (κ1) is 21.4. The first-order valence-electron chi connectivity index (χ1n) is 10.0. The fraction of sp³-hybridized carbons (Fsp3) is 0.684. The fourth-order valence-electron chi connectivity index (χ4n) is 3.82. The van der Waals surface area contributed by atoms with Crippen molar-refractivity contribution in [2.24, 2.45) is 5.92 Å². The van der Waals surface area contributed by atoms with Crippen LogP contribution in [0.15, 0.2) is 24.3 Å². The lowest BCUT2D eigenvalue weighted by atomic mass is 9.86. The van der Waals surface area contributed by atoms with Gasteiger partial charge < -0.3 is 5.32 Å². The lowest BCUT2D eigenvalue weighted by Gasteiger charge is -2.30. The van der Waals surface area contributed by atoms with E-state index in [-0.39, 0.29) is 11.8 Å². The van der Waals surface area contributed by atoms with Gasteiger partial charge >= 0.3 is 0 Å². The van der Waals surface area contributed by atoms with E-state index in [4.69, 9.17) is 0 Å². The normalized spacial score (nSPS) is 25.2. The fourth-order valence-corrected chi connectivity index (χ4v) is 6.34. The molecule has 2 N–H and O–H groups in total. The van der Waals surface area contributed by atoms with Crippen LogP contribution in [0.1, 0.15) is 46.0 Å². The van der Waals surface area contributed by atoms with Gasteiger partial charge in [-0.25, -0.2) is 21.6 Å². The summed E-state index contributed by atoms with van der Waals surface area (Å²) in [6.45, 7) is 4.74. The van der Waals surface area contributed by atoms with E-state index in [1.54, 1.807) is 13.8 Å². The van der Waals surface area contributed by atoms with Crippen molar-refractivity contribution in [3.8, 4) is 0 Å². The van der Waals surface area contributed by atoms with E-state index in [9.17, 15) is 16.8 Å². The molecule has 0 radical (unpaired) electrons. The summed E-state index contributed by atoms with van der Waals surface area (Å²) in [5, 5.41) is 3.02. The number of sulfonamides is 2. The van der Waals surface area contributed by atoms with Crippen molar-refractivity contribution in [1.82, 2.24) is 4.72 Å². The van der Waals surface area contributed by atoms with Crippen molar-refractivity contribution >= 4 is 31.4 Å². The number of nitrogens with one attached hydrogen (secondary N) is 2. The molecule has 1 saturated heterocycles.